The van der Waals surface area contributed by atoms with Gasteiger partial charge in [0.15, 0.2) is 5.96 Å². The molecule has 0 radical (unpaired) electrons. The van der Waals surface area contributed by atoms with Crippen molar-refractivity contribution in [2.75, 3.05) is 26.7 Å². The van der Waals surface area contributed by atoms with Gasteiger partial charge in [0.2, 0.25) is 0 Å². The van der Waals surface area contributed by atoms with Crippen LogP contribution in [0.25, 0.3) is 0 Å². The van der Waals surface area contributed by atoms with Crippen molar-refractivity contribution in [3.63, 3.8) is 0 Å². The molecule has 134 valence electrons. The lowest BCUT2D eigenvalue weighted by molar-refractivity contribution is 0.0258. The van der Waals surface area contributed by atoms with Crippen molar-refractivity contribution in [1.82, 2.24) is 15.6 Å². The highest BCUT2D eigenvalue weighted by Gasteiger charge is 2.12. The molecular formula is C16H31IN4OS. The van der Waals surface area contributed by atoms with Gasteiger partial charge in [-0.1, -0.05) is 13.8 Å². The van der Waals surface area contributed by atoms with E-state index in [1.807, 2.05) is 13.1 Å². The molecular weight excluding hydrogens is 423 g/mol. The number of aromatic nitrogens is 1. The van der Waals surface area contributed by atoms with Crippen LogP contribution >= 0.6 is 35.3 Å². The molecule has 0 aromatic carbocycles. The van der Waals surface area contributed by atoms with Crippen LogP contribution in [0.5, 0.6) is 0 Å². The first kappa shape index (κ1) is 22.6. The van der Waals surface area contributed by atoms with Crippen molar-refractivity contribution in [3.8, 4) is 0 Å². The van der Waals surface area contributed by atoms with Crippen LogP contribution in [0.3, 0.4) is 0 Å². The Morgan fingerprint density at radius 3 is 2.57 bits per heavy atom. The van der Waals surface area contributed by atoms with Gasteiger partial charge in [-0.2, -0.15) is 0 Å². The van der Waals surface area contributed by atoms with Crippen LogP contribution in [-0.2, 0) is 11.2 Å². The van der Waals surface area contributed by atoms with Gasteiger partial charge in [-0.3, -0.25) is 4.99 Å². The van der Waals surface area contributed by atoms with E-state index in [-0.39, 0.29) is 24.0 Å². The number of aryl methyl sites for hydroxylation is 1. The Labute approximate surface area is 161 Å². The van der Waals surface area contributed by atoms with Gasteiger partial charge in [-0.15, -0.1) is 35.3 Å². The second kappa shape index (κ2) is 12.9. The van der Waals surface area contributed by atoms with Gasteiger partial charge >= 0.3 is 0 Å². The molecule has 0 spiro atoms. The Hall–Kier alpha value is -0.410. The third-order valence-corrected chi connectivity index (χ3v) is 4.34. The fourth-order valence-electron chi connectivity index (χ4n) is 2.18. The third kappa shape index (κ3) is 9.46. The van der Waals surface area contributed by atoms with Crippen molar-refractivity contribution in [1.29, 1.82) is 0 Å². The molecule has 1 rings (SSSR count). The highest BCUT2D eigenvalue weighted by atomic mass is 127. The molecule has 1 aromatic heterocycles. The number of thiazole rings is 1. The third-order valence-electron chi connectivity index (χ3n) is 3.37. The molecule has 1 heterocycles. The van der Waals surface area contributed by atoms with Crippen molar-refractivity contribution < 1.29 is 4.74 Å². The smallest absolute Gasteiger partial charge is 0.190 e. The largest absolute Gasteiger partial charge is 0.378 e. The van der Waals surface area contributed by atoms with Crippen LogP contribution in [0.15, 0.2) is 11.2 Å². The average molecular weight is 454 g/mol. The van der Waals surface area contributed by atoms with Crippen molar-refractivity contribution in [2.45, 2.75) is 46.6 Å². The Bertz CT molecular complexity index is 451. The van der Waals surface area contributed by atoms with E-state index in [2.05, 4.69) is 41.4 Å². The number of nitrogens with zero attached hydrogens (tertiary/aromatic N) is 2. The van der Waals surface area contributed by atoms with E-state index >= 15 is 0 Å². The lowest BCUT2D eigenvalue weighted by Crippen LogP contribution is -2.40. The molecule has 0 aliphatic rings. The normalized spacial score (nSPS) is 12.9. The fourth-order valence-corrected chi connectivity index (χ4v) is 2.97. The number of halogens is 1. The number of hydrogen-bond donors (Lipinski definition) is 2. The van der Waals surface area contributed by atoms with Crippen molar-refractivity contribution >= 4 is 41.3 Å². The van der Waals surface area contributed by atoms with Crippen LogP contribution in [0.1, 0.15) is 37.1 Å². The van der Waals surface area contributed by atoms with E-state index in [9.17, 15) is 0 Å². The molecule has 23 heavy (non-hydrogen) atoms. The first-order chi connectivity index (χ1) is 10.6. The molecule has 0 saturated heterocycles. The van der Waals surface area contributed by atoms with E-state index in [1.165, 1.54) is 4.88 Å². The Kier molecular flexibility index (Phi) is 12.7. The standard InChI is InChI=1S/C16H30N4OS.HI/c1-6-21-14(12(2)3)7-9-18-16(17-5)19-10-8-15-20-11-13(4)22-15;/h11-12,14H,6-10H2,1-5H3,(H2,17,18,19);1H. The maximum absolute atomic E-state index is 5.75. The summed E-state index contributed by atoms with van der Waals surface area (Å²) < 4.78 is 5.75. The monoisotopic (exact) mass is 454 g/mol. The van der Waals surface area contributed by atoms with Crippen LogP contribution in [-0.4, -0.2) is 43.8 Å². The molecule has 0 bridgehead atoms. The number of aliphatic imine (C=N–C) groups is 1. The molecule has 1 aromatic rings. The maximum Gasteiger partial charge on any atom is 0.190 e. The maximum atomic E-state index is 5.75. The Balaban J connectivity index is 0.00000484. The van der Waals surface area contributed by atoms with Gasteiger partial charge in [0.05, 0.1) is 11.1 Å². The Morgan fingerprint density at radius 1 is 1.35 bits per heavy atom. The molecule has 5 nitrogen and oxygen atoms in total. The molecule has 1 atom stereocenters. The molecule has 0 fully saturated rings. The summed E-state index contributed by atoms with van der Waals surface area (Å²) in [5, 5.41) is 7.84. The lowest BCUT2D eigenvalue weighted by atomic mass is 10.0. The molecule has 0 saturated carbocycles. The van der Waals surface area contributed by atoms with Crippen LogP contribution in [0.2, 0.25) is 0 Å². The minimum absolute atomic E-state index is 0. The molecule has 0 amide bonds. The van der Waals surface area contributed by atoms with Crippen molar-refractivity contribution in [2.24, 2.45) is 10.9 Å². The zero-order valence-corrected chi connectivity index (χ0v) is 18.0. The summed E-state index contributed by atoms with van der Waals surface area (Å²) in [4.78, 5) is 9.87. The lowest BCUT2D eigenvalue weighted by Gasteiger charge is -2.21. The average Bonchev–Trinajstić information content (AvgIpc) is 2.90. The SMILES string of the molecule is CCOC(CCNC(=NC)NCCc1ncc(C)s1)C(C)C.I. The van der Waals surface area contributed by atoms with Gasteiger partial charge in [-0.05, 0) is 26.2 Å². The molecule has 1 unspecified atom stereocenters. The highest BCUT2D eigenvalue weighted by Crippen LogP contribution is 2.11. The van der Waals surface area contributed by atoms with Crippen molar-refractivity contribution in [3.05, 3.63) is 16.1 Å². The highest BCUT2D eigenvalue weighted by molar-refractivity contribution is 14.0. The summed E-state index contributed by atoms with van der Waals surface area (Å²) in [6, 6.07) is 0. The molecule has 2 N–H and O–H groups in total. The van der Waals surface area contributed by atoms with Gasteiger partial charge in [0.25, 0.3) is 0 Å². The summed E-state index contributed by atoms with van der Waals surface area (Å²) in [5.74, 6) is 1.37. The summed E-state index contributed by atoms with van der Waals surface area (Å²) >= 11 is 1.75. The number of hydrogen-bond acceptors (Lipinski definition) is 4. The molecule has 0 aliphatic carbocycles. The van der Waals surface area contributed by atoms with Gasteiger partial charge < -0.3 is 15.4 Å². The number of nitrogens with one attached hydrogen (secondary N) is 2. The van der Waals surface area contributed by atoms with Crippen LogP contribution < -0.4 is 10.6 Å². The zero-order valence-electron chi connectivity index (χ0n) is 14.9. The van der Waals surface area contributed by atoms with Gasteiger partial charge in [0, 0.05) is 44.2 Å². The molecule has 7 heteroatoms. The predicted octanol–water partition coefficient (Wildman–Crippen LogP) is 3.23. The minimum atomic E-state index is 0. The number of ether oxygens (including phenoxy) is 1. The van der Waals surface area contributed by atoms with E-state index in [4.69, 9.17) is 4.74 Å². The first-order valence-electron chi connectivity index (χ1n) is 8.04. The summed E-state index contributed by atoms with van der Waals surface area (Å²) in [5.41, 5.74) is 0. The van der Waals surface area contributed by atoms with Crippen LogP contribution in [0.4, 0.5) is 0 Å². The second-order valence-electron chi connectivity index (χ2n) is 5.57. The van der Waals surface area contributed by atoms with Gasteiger partial charge in [0.1, 0.15) is 0 Å². The van der Waals surface area contributed by atoms with E-state index in [1.54, 1.807) is 18.4 Å². The number of rotatable bonds is 9. The molecule has 0 aliphatic heterocycles. The zero-order chi connectivity index (χ0) is 16.4. The summed E-state index contributed by atoms with van der Waals surface area (Å²) in [7, 11) is 1.80. The second-order valence-corrected chi connectivity index (χ2v) is 6.89. The van der Waals surface area contributed by atoms with E-state index in [0.29, 0.717) is 12.0 Å². The number of guanidine groups is 1. The predicted molar refractivity (Wildman–Crippen MR) is 110 cm³/mol. The topological polar surface area (TPSA) is 58.5 Å². The quantitative estimate of drug-likeness (QED) is 0.342. The van der Waals surface area contributed by atoms with E-state index < -0.39 is 0 Å². The summed E-state index contributed by atoms with van der Waals surface area (Å²) in [6.07, 6.45) is 4.13. The fraction of sp³-hybridized carbons (Fsp3) is 0.750. The summed E-state index contributed by atoms with van der Waals surface area (Å²) in [6.45, 7) is 11.0. The Morgan fingerprint density at radius 2 is 2.04 bits per heavy atom. The minimum Gasteiger partial charge on any atom is -0.378 e. The first-order valence-corrected chi connectivity index (χ1v) is 8.85. The van der Waals surface area contributed by atoms with Crippen LogP contribution in [0, 0.1) is 12.8 Å². The van der Waals surface area contributed by atoms with E-state index in [0.717, 1.165) is 43.5 Å². The van der Waals surface area contributed by atoms with Gasteiger partial charge in [-0.25, -0.2) is 4.98 Å².